The van der Waals surface area contributed by atoms with E-state index in [-0.39, 0.29) is 23.3 Å². The van der Waals surface area contributed by atoms with Crippen LogP contribution in [0.1, 0.15) is 43.7 Å². The van der Waals surface area contributed by atoms with Crippen molar-refractivity contribution in [2.75, 3.05) is 12.4 Å². The Morgan fingerprint density at radius 3 is 2.53 bits per heavy atom. The first-order valence-corrected chi connectivity index (χ1v) is 14.0. The van der Waals surface area contributed by atoms with Gasteiger partial charge in [0, 0.05) is 11.7 Å². The van der Waals surface area contributed by atoms with Gasteiger partial charge >= 0.3 is 0 Å². The number of carbonyl (C=O) groups excluding carboxylic acids is 1. The molecule has 1 saturated carbocycles. The van der Waals surface area contributed by atoms with Crippen LogP contribution in [-0.2, 0) is 11.4 Å². The minimum absolute atomic E-state index is 0.0674. The number of halogens is 1. The molecule has 3 aromatic carbocycles. The van der Waals surface area contributed by atoms with E-state index < -0.39 is 0 Å². The fourth-order valence-corrected chi connectivity index (χ4v) is 6.37. The number of benzene rings is 3. The van der Waals surface area contributed by atoms with Crippen LogP contribution in [0.25, 0.3) is 6.08 Å². The molecular formula is C31H33FN2O3S. The summed E-state index contributed by atoms with van der Waals surface area (Å²) in [6, 6.07) is 22.1. The van der Waals surface area contributed by atoms with E-state index in [1.165, 1.54) is 18.6 Å². The summed E-state index contributed by atoms with van der Waals surface area (Å²) < 4.78 is 24.7. The number of methoxy groups -OCH3 is 1. The molecule has 0 spiro atoms. The molecular weight excluding hydrogens is 499 g/mol. The van der Waals surface area contributed by atoms with Crippen LogP contribution in [0.5, 0.6) is 11.5 Å². The van der Waals surface area contributed by atoms with Crippen molar-refractivity contribution < 1.29 is 18.7 Å². The Hall–Kier alpha value is -3.45. The van der Waals surface area contributed by atoms with E-state index >= 15 is 0 Å². The Bertz CT molecular complexity index is 1280. The Morgan fingerprint density at radius 2 is 1.79 bits per heavy atom. The molecule has 1 aliphatic heterocycles. The fourth-order valence-electron chi connectivity index (χ4n) is 5.15. The predicted octanol–water partition coefficient (Wildman–Crippen LogP) is 7.30. The van der Waals surface area contributed by atoms with Crippen molar-refractivity contribution in [2.45, 2.75) is 50.8 Å². The van der Waals surface area contributed by atoms with Gasteiger partial charge in [0.05, 0.1) is 12.0 Å². The molecule has 3 atom stereocenters. The number of carbonyl (C=O) groups is 1. The largest absolute Gasteiger partial charge is 0.493 e. The van der Waals surface area contributed by atoms with Crippen molar-refractivity contribution in [1.82, 2.24) is 4.90 Å². The van der Waals surface area contributed by atoms with E-state index in [0.717, 1.165) is 36.1 Å². The number of anilines is 1. The van der Waals surface area contributed by atoms with Crippen molar-refractivity contribution >= 4 is 29.4 Å². The summed E-state index contributed by atoms with van der Waals surface area (Å²) in [5.41, 5.74) is 2.56. The van der Waals surface area contributed by atoms with Gasteiger partial charge in [0.2, 0.25) is 0 Å². The smallest absolute Gasteiger partial charge is 0.262 e. The van der Waals surface area contributed by atoms with Gasteiger partial charge in [0.1, 0.15) is 12.4 Å². The van der Waals surface area contributed by atoms with Crippen LogP contribution >= 0.6 is 11.8 Å². The maximum Gasteiger partial charge on any atom is 0.262 e. The van der Waals surface area contributed by atoms with Crippen molar-refractivity contribution in [3.63, 3.8) is 0 Å². The molecule has 1 saturated heterocycles. The lowest BCUT2D eigenvalue weighted by Crippen LogP contribution is -2.48. The van der Waals surface area contributed by atoms with Gasteiger partial charge in [-0.05, 0) is 72.4 Å². The minimum Gasteiger partial charge on any atom is -0.493 e. The number of hydrogen-bond acceptors (Lipinski definition) is 5. The van der Waals surface area contributed by atoms with E-state index in [2.05, 4.69) is 17.1 Å². The molecule has 0 aromatic heterocycles. The normalized spacial score (nSPS) is 22.5. The average molecular weight is 533 g/mol. The molecule has 1 amide bonds. The summed E-state index contributed by atoms with van der Waals surface area (Å²) in [7, 11) is 1.60. The van der Waals surface area contributed by atoms with Crippen molar-refractivity contribution in [1.29, 1.82) is 0 Å². The summed E-state index contributed by atoms with van der Waals surface area (Å²) in [5.74, 6) is 1.42. The number of hydrogen-bond donors (Lipinski definition) is 1. The summed E-state index contributed by atoms with van der Waals surface area (Å²) in [6.45, 7) is 2.56. The van der Waals surface area contributed by atoms with Crippen LogP contribution in [-0.4, -0.2) is 29.5 Å². The van der Waals surface area contributed by atoms with Gasteiger partial charge in [-0.15, -0.1) is 0 Å². The molecule has 3 aromatic rings. The third-order valence-electron chi connectivity index (χ3n) is 7.22. The van der Waals surface area contributed by atoms with Gasteiger partial charge in [-0.1, -0.05) is 67.9 Å². The standard InChI is InChI=1S/C31H33FN2O3S/c1-21-8-6-7-11-26(21)34-30(35)29(38-31(34)33-25-9-4-3-5-10-25)19-23-14-17-27(28(18-23)36-2)37-20-22-12-15-24(32)16-13-22/h3-5,9-10,12-19,21,26,31,33H,6-8,11,20H2,1-2H3/b29-19-/t21-,26+,31?/m0/s1. The molecule has 2 aliphatic rings. The zero-order chi connectivity index (χ0) is 26.5. The summed E-state index contributed by atoms with van der Waals surface area (Å²) in [6.07, 6.45) is 6.49. The summed E-state index contributed by atoms with van der Waals surface area (Å²) in [4.78, 5) is 16.5. The second kappa shape index (κ2) is 11.9. The SMILES string of the molecule is COc1cc(/C=C2\SC(Nc3ccccc3)N([C@@H]3CCCC[C@@H]3C)C2=O)ccc1OCc1ccc(F)cc1. The second-order valence-corrected chi connectivity index (χ2v) is 11.0. The average Bonchev–Trinajstić information content (AvgIpc) is 3.23. The number of nitrogens with zero attached hydrogens (tertiary/aromatic N) is 1. The van der Waals surface area contributed by atoms with Crippen LogP contribution in [0.3, 0.4) is 0 Å². The van der Waals surface area contributed by atoms with Gasteiger partial charge in [-0.25, -0.2) is 4.39 Å². The number of amides is 1. The zero-order valence-corrected chi connectivity index (χ0v) is 22.5. The maximum absolute atomic E-state index is 13.8. The molecule has 5 rings (SSSR count). The molecule has 1 heterocycles. The molecule has 0 radical (unpaired) electrons. The quantitative estimate of drug-likeness (QED) is 0.309. The molecule has 1 aliphatic carbocycles. The Morgan fingerprint density at radius 1 is 1.03 bits per heavy atom. The van der Waals surface area contributed by atoms with E-state index in [1.807, 2.05) is 54.6 Å². The summed E-state index contributed by atoms with van der Waals surface area (Å²) >= 11 is 1.56. The van der Waals surface area contributed by atoms with Crippen molar-refractivity contribution in [3.05, 3.63) is 94.6 Å². The molecule has 198 valence electrons. The van der Waals surface area contributed by atoms with E-state index in [4.69, 9.17) is 9.47 Å². The van der Waals surface area contributed by atoms with Gasteiger partial charge < -0.3 is 19.7 Å². The number of ether oxygens (including phenoxy) is 2. The van der Waals surface area contributed by atoms with Crippen LogP contribution in [0.15, 0.2) is 77.7 Å². The monoisotopic (exact) mass is 532 g/mol. The highest BCUT2D eigenvalue weighted by Gasteiger charge is 2.42. The van der Waals surface area contributed by atoms with Crippen LogP contribution in [0.2, 0.25) is 0 Å². The third-order valence-corrected chi connectivity index (χ3v) is 8.33. The first-order valence-electron chi connectivity index (χ1n) is 13.1. The topological polar surface area (TPSA) is 50.8 Å². The molecule has 0 bridgehead atoms. The minimum atomic E-state index is -0.277. The predicted molar refractivity (Wildman–Crippen MR) is 151 cm³/mol. The van der Waals surface area contributed by atoms with Crippen molar-refractivity contribution in [2.24, 2.45) is 5.92 Å². The second-order valence-electron chi connectivity index (χ2n) is 9.86. The van der Waals surface area contributed by atoms with Gasteiger partial charge in [-0.2, -0.15) is 0 Å². The van der Waals surface area contributed by atoms with Crippen LogP contribution in [0.4, 0.5) is 10.1 Å². The zero-order valence-electron chi connectivity index (χ0n) is 21.7. The Balaban J connectivity index is 1.37. The first-order chi connectivity index (χ1) is 18.5. The summed E-state index contributed by atoms with van der Waals surface area (Å²) in [5, 5.41) is 3.58. The molecule has 5 nitrogen and oxygen atoms in total. The van der Waals surface area contributed by atoms with E-state index in [1.54, 1.807) is 31.0 Å². The third kappa shape index (κ3) is 5.99. The van der Waals surface area contributed by atoms with Crippen LogP contribution < -0.4 is 14.8 Å². The molecule has 1 unspecified atom stereocenters. The molecule has 1 N–H and O–H groups in total. The first kappa shape index (κ1) is 26.2. The molecule has 2 fully saturated rings. The van der Waals surface area contributed by atoms with Gasteiger partial charge in [0.25, 0.3) is 5.91 Å². The lowest BCUT2D eigenvalue weighted by molar-refractivity contribution is -0.129. The highest BCUT2D eigenvalue weighted by Crippen LogP contribution is 2.42. The van der Waals surface area contributed by atoms with E-state index in [0.29, 0.717) is 28.9 Å². The number of nitrogens with one attached hydrogen (secondary N) is 1. The number of thioether (sulfide) groups is 1. The highest BCUT2D eigenvalue weighted by atomic mass is 32.2. The van der Waals surface area contributed by atoms with Crippen LogP contribution in [0, 0.1) is 11.7 Å². The molecule has 7 heteroatoms. The maximum atomic E-state index is 13.8. The lowest BCUT2D eigenvalue weighted by atomic mass is 9.85. The molecule has 38 heavy (non-hydrogen) atoms. The number of rotatable bonds is 8. The number of para-hydroxylation sites is 1. The van der Waals surface area contributed by atoms with Gasteiger partial charge in [0.15, 0.2) is 17.0 Å². The Labute approximate surface area is 228 Å². The van der Waals surface area contributed by atoms with E-state index in [9.17, 15) is 9.18 Å². The van der Waals surface area contributed by atoms with Gasteiger partial charge in [-0.3, -0.25) is 4.79 Å². The lowest BCUT2D eigenvalue weighted by Gasteiger charge is -2.39. The Kier molecular flexibility index (Phi) is 8.23. The highest BCUT2D eigenvalue weighted by molar-refractivity contribution is 8.05. The fraction of sp³-hybridized carbons (Fsp3) is 0.323. The van der Waals surface area contributed by atoms with Crippen molar-refractivity contribution in [3.8, 4) is 11.5 Å².